The molecule has 2 N–H and O–H groups in total. The number of hydrogen-bond donors (Lipinski definition) is 2. The van der Waals surface area contributed by atoms with Gasteiger partial charge < -0.3 is 14.9 Å². The van der Waals surface area contributed by atoms with Gasteiger partial charge in [-0.15, -0.1) is 0 Å². The van der Waals surface area contributed by atoms with Gasteiger partial charge in [0.2, 0.25) is 0 Å². The van der Waals surface area contributed by atoms with Crippen molar-refractivity contribution in [1.29, 1.82) is 0 Å². The lowest BCUT2D eigenvalue weighted by Gasteiger charge is -2.09. The summed E-state index contributed by atoms with van der Waals surface area (Å²) in [6.45, 7) is 8.55. The third kappa shape index (κ3) is 7.97. The monoisotopic (exact) mass is 344 g/mol. The summed E-state index contributed by atoms with van der Waals surface area (Å²) >= 11 is 0. The SMILES string of the molecule is COc1cc(O)cc(C/C=C(\C)CC/C=C(\C)CCC=C(C)C)c1O. The largest absolute Gasteiger partial charge is 0.508 e. The number of methoxy groups -OCH3 is 1. The molecule has 3 heteroatoms. The molecule has 25 heavy (non-hydrogen) atoms. The first-order valence-corrected chi connectivity index (χ1v) is 8.87. The maximum Gasteiger partial charge on any atom is 0.164 e. The summed E-state index contributed by atoms with van der Waals surface area (Å²) in [5.41, 5.74) is 4.75. The first-order chi connectivity index (χ1) is 11.8. The third-order valence-electron chi connectivity index (χ3n) is 4.15. The average molecular weight is 344 g/mol. The van der Waals surface area contributed by atoms with E-state index in [1.807, 2.05) is 0 Å². The number of hydrogen-bond acceptors (Lipinski definition) is 3. The highest BCUT2D eigenvalue weighted by Gasteiger charge is 2.09. The van der Waals surface area contributed by atoms with Crippen molar-refractivity contribution in [2.75, 3.05) is 7.11 Å². The summed E-state index contributed by atoms with van der Waals surface area (Å²) in [7, 11) is 1.48. The van der Waals surface area contributed by atoms with Gasteiger partial charge in [0.1, 0.15) is 5.75 Å². The van der Waals surface area contributed by atoms with Crippen LogP contribution in [0.2, 0.25) is 0 Å². The van der Waals surface area contributed by atoms with E-state index in [2.05, 4.69) is 45.9 Å². The molecule has 0 saturated carbocycles. The van der Waals surface area contributed by atoms with Gasteiger partial charge in [-0.25, -0.2) is 0 Å². The van der Waals surface area contributed by atoms with Crippen molar-refractivity contribution < 1.29 is 14.9 Å². The van der Waals surface area contributed by atoms with Crippen molar-refractivity contribution in [3.8, 4) is 17.2 Å². The molecular formula is C22H32O3. The van der Waals surface area contributed by atoms with E-state index in [0.29, 0.717) is 17.7 Å². The van der Waals surface area contributed by atoms with Gasteiger partial charge in [0.15, 0.2) is 11.5 Å². The van der Waals surface area contributed by atoms with Crippen molar-refractivity contribution in [2.24, 2.45) is 0 Å². The lowest BCUT2D eigenvalue weighted by molar-refractivity contribution is 0.366. The van der Waals surface area contributed by atoms with Gasteiger partial charge >= 0.3 is 0 Å². The lowest BCUT2D eigenvalue weighted by Crippen LogP contribution is -1.90. The smallest absolute Gasteiger partial charge is 0.164 e. The number of rotatable bonds is 9. The lowest BCUT2D eigenvalue weighted by atomic mass is 10.0. The van der Waals surface area contributed by atoms with E-state index < -0.39 is 0 Å². The highest BCUT2D eigenvalue weighted by atomic mass is 16.5. The molecule has 0 saturated heterocycles. The fourth-order valence-corrected chi connectivity index (χ4v) is 2.58. The van der Waals surface area contributed by atoms with Gasteiger partial charge in [0.25, 0.3) is 0 Å². The maximum atomic E-state index is 10.1. The molecule has 0 amide bonds. The fraction of sp³-hybridized carbons (Fsp3) is 0.455. The number of aromatic hydroxyl groups is 2. The second kappa shape index (κ2) is 10.7. The number of phenolic OH excluding ortho intramolecular Hbond substituents is 2. The summed E-state index contributed by atoms with van der Waals surface area (Å²) in [5, 5.41) is 19.8. The van der Waals surface area contributed by atoms with Crippen LogP contribution >= 0.6 is 0 Å². The second-order valence-electron chi connectivity index (χ2n) is 6.82. The Kier molecular flexibility index (Phi) is 8.90. The van der Waals surface area contributed by atoms with Crippen LogP contribution < -0.4 is 4.74 Å². The molecule has 138 valence electrons. The molecule has 0 aliphatic heterocycles. The second-order valence-corrected chi connectivity index (χ2v) is 6.82. The molecule has 0 radical (unpaired) electrons. The molecule has 0 atom stereocenters. The molecule has 0 unspecified atom stereocenters. The van der Waals surface area contributed by atoms with E-state index in [9.17, 15) is 10.2 Å². The minimum atomic E-state index is 0.0966. The zero-order chi connectivity index (χ0) is 18.8. The van der Waals surface area contributed by atoms with Crippen LogP contribution in [0.5, 0.6) is 17.2 Å². The van der Waals surface area contributed by atoms with Gasteiger partial charge in [-0.1, -0.05) is 34.9 Å². The Morgan fingerprint density at radius 1 is 0.920 bits per heavy atom. The van der Waals surface area contributed by atoms with E-state index in [1.54, 1.807) is 6.07 Å². The van der Waals surface area contributed by atoms with Crippen LogP contribution in [0.1, 0.15) is 58.9 Å². The zero-order valence-corrected chi connectivity index (χ0v) is 16.2. The molecule has 0 fully saturated rings. The number of ether oxygens (including phenoxy) is 1. The molecule has 0 aliphatic rings. The first-order valence-electron chi connectivity index (χ1n) is 8.87. The van der Waals surface area contributed by atoms with Gasteiger partial charge in [-0.3, -0.25) is 0 Å². The van der Waals surface area contributed by atoms with Gasteiger partial charge in [0.05, 0.1) is 7.11 Å². The molecule has 1 rings (SSSR count). The van der Waals surface area contributed by atoms with Crippen LogP contribution in [-0.2, 0) is 6.42 Å². The van der Waals surface area contributed by atoms with Crippen molar-refractivity contribution in [3.05, 3.63) is 52.6 Å². The number of benzene rings is 1. The maximum absolute atomic E-state index is 10.1. The predicted octanol–water partition coefficient (Wildman–Crippen LogP) is 6.07. The Bertz CT molecular complexity index is 647. The van der Waals surface area contributed by atoms with Gasteiger partial charge in [-0.05, 0) is 65.9 Å². The quantitative estimate of drug-likeness (QED) is 0.422. The average Bonchev–Trinajstić information content (AvgIpc) is 2.54. The van der Waals surface area contributed by atoms with Gasteiger partial charge in [0, 0.05) is 11.6 Å². The minimum absolute atomic E-state index is 0.0966. The first kappa shape index (κ1) is 20.9. The highest BCUT2D eigenvalue weighted by Crippen LogP contribution is 2.34. The summed E-state index contributed by atoms with van der Waals surface area (Å²) in [6, 6.07) is 2.99. The Labute approximate surface area is 152 Å². The predicted molar refractivity (Wildman–Crippen MR) is 105 cm³/mol. The molecule has 1 aromatic rings. The molecule has 0 aliphatic carbocycles. The molecule has 0 aromatic heterocycles. The van der Waals surface area contributed by atoms with Crippen molar-refractivity contribution in [1.82, 2.24) is 0 Å². The highest BCUT2D eigenvalue weighted by molar-refractivity contribution is 5.51. The van der Waals surface area contributed by atoms with Crippen LogP contribution in [-0.4, -0.2) is 17.3 Å². The normalized spacial score (nSPS) is 12.2. The van der Waals surface area contributed by atoms with Gasteiger partial charge in [-0.2, -0.15) is 0 Å². The van der Waals surface area contributed by atoms with Crippen LogP contribution in [0.4, 0.5) is 0 Å². The standard InChI is InChI=1S/C22H32O3/c1-16(2)8-6-9-17(3)10-7-11-18(4)12-13-19-14-20(23)15-21(25-5)22(19)24/h8,10,12,14-15,23-24H,6-7,9,11,13H2,1-5H3/b17-10+,18-12+. The molecular weight excluding hydrogens is 312 g/mol. The van der Waals surface area contributed by atoms with E-state index in [0.717, 1.165) is 25.7 Å². The van der Waals surface area contributed by atoms with Crippen LogP contribution in [0.15, 0.2) is 47.1 Å². The van der Waals surface area contributed by atoms with Crippen molar-refractivity contribution in [2.45, 2.75) is 59.8 Å². The topological polar surface area (TPSA) is 49.7 Å². The molecule has 1 aromatic carbocycles. The molecule has 0 heterocycles. The van der Waals surface area contributed by atoms with E-state index in [-0.39, 0.29) is 11.5 Å². The van der Waals surface area contributed by atoms with Crippen LogP contribution in [0.25, 0.3) is 0 Å². The van der Waals surface area contributed by atoms with E-state index >= 15 is 0 Å². The Morgan fingerprint density at radius 2 is 1.52 bits per heavy atom. The van der Waals surface area contributed by atoms with Crippen molar-refractivity contribution >= 4 is 0 Å². The Hall–Kier alpha value is -2.16. The molecule has 0 spiro atoms. The number of phenols is 2. The number of allylic oxidation sites excluding steroid dienone is 6. The zero-order valence-electron chi connectivity index (χ0n) is 16.2. The van der Waals surface area contributed by atoms with Crippen LogP contribution in [0, 0.1) is 0 Å². The molecule has 3 nitrogen and oxygen atoms in total. The van der Waals surface area contributed by atoms with Crippen LogP contribution in [0.3, 0.4) is 0 Å². The Balaban J connectivity index is 2.54. The van der Waals surface area contributed by atoms with Crippen molar-refractivity contribution in [3.63, 3.8) is 0 Å². The summed E-state index contributed by atoms with van der Waals surface area (Å²) in [6.07, 6.45) is 11.5. The summed E-state index contributed by atoms with van der Waals surface area (Å²) in [5.74, 6) is 0.501. The summed E-state index contributed by atoms with van der Waals surface area (Å²) in [4.78, 5) is 0. The Morgan fingerprint density at radius 3 is 2.12 bits per heavy atom. The molecule has 0 bridgehead atoms. The summed E-state index contributed by atoms with van der Waals surface area (Å²) < 4.78 is 5.07. The van der Waals surface area contributed by atoms with E-state index in [4.69, 9.17) is 4.74 Å². The van der Waals surface area contributed by atoms with E-state index in [1.165, 1.54) is 29.9 Å². The minimum Gasteiger partial charge on any atom is -0.508 e. The third-order valence-corrected chi connectivity index (χ3v) is 4.15. The fourth-order valence-electron chi connectivity index (χ4n) is 2.58.